The third kappa shape index (κ3) is 4.13. The number of methoxy groups -OCH3 is 1. The Morgan fingerprint density at radius 2 is 2.07 bits per heavy atom. The molecular formula is C24H27NO2S. The molecule has 3 aromatic rings. The molecule has 146 valence electrons. The standard InChI is InChI=1S/C24H27NO2S/c1-25(14-13-17-9-11-23-18(15-17)10-12-24(26)28-23)16-19-5-3-7-21-20(19)6-4-8-22(21)27-2/h4,6,8-12,15,19H,3,5,7,13-14,16H2,1-2H3. The second-order valence-electron chi connectivity index (χ2n) is 7.76. The number of hydrogen-bond donors (Lipinski definition) is 0. The maximum atomic E-state index is 11.5. The summed E-state index contributed by atoms with van der Waals surface area (Å²) in [6.45, 7) is 2.11. The van der Waals surface area contributed by atoms with Crippen molar-refractivity contribution in [3.8, 4) is 5.75 Å². The van der Waals surface area contributed by atoms with E-state index in [4.69, 9.17) is 4.74 Å². The molecule has 2 aromatic carbocycles. The topological polar surface area (TPSA) is 29.5 Å². The molecule has 1 aliphatic carbocycles. The lowest BCUT2D eigenvalue weighted by molar-refractivity contribution is 0.299. The second kappa shape index (κ2) is 8.46. The van der Waals surface area contributed by atoms with Crippen LogP contribution >= 0.6 is 11.3 Å². The highest BCUT2D eigenvalue weighted by atomic mass is 32.1. The molecule has 0 N–H and O–H groups in total. The maximum absolute atomic E-state index is 11.5. The van der Waals surface area contributed by atoms with Crippen molar-refractivity contribution < 1.29 is 4.74 Å². The van der Waals surface area contributed by atoms with Gasteiger partial charge in [-0.3, -0.25) is 4.79 Å². The number of nitrogens with zero attached hydrogens (tertiary/aromatic N) is 1. The Morgan fingerprint density at radius 1 is 1.18 bits per heavy atom. The molecule has 1 aliphatic rings. The molecule has 0 saturated carbocycles. The molecule has 0 bridgehead atoms. The highest BCUT2D eigenvalue weighted by Crippen LogP contribution is 2.36. The van der Waals surface area contributed by atoms with Crippen molar-refractivity contribution in [2.75, 3.05) is 27.2 Å². The van der Waals surface area contributed by atoms with E-state index in [1.54, 1.807) is 13.2 Å². The Morgan fingerprint density at radius 3 is 2.93 bits per heavy atom. The minimum atomic E-state index is 0.115. The van der Waals surface area contributed by atoms with Gasteiger partial charge in [-0.25, -0.2) is 0 Å². The van der Waals surface area contributed by atoms with Crippen LogP contribution in [0.2, 0.25) is 0 Å². The lowest BCUT2D eigenvalue weighted by Crippen LogP contribution is -2.28. The molecule has 0 fully saturated rings. The zero-order valence-corrected chi connectivity index (χ0v) is 17.4. The lowest BCUT2D eigenvalue weighted by Gasteiger charge is -2.30. The molecule has 1 unspecified atom stereocenters. The molecule has 0 aliphatic heterocycles. The van der Waals surface area contributed by atoms with E-state index in [1.165, 1.54) is 40.9 Å². The van der Waals surface area contributed by atoms with Crippen LogP contribution in [0.15, 0.2) is 53.3 Å². The minimum absolute atomic E-state index is 0.115. The summed E-state index contributed by atoms with van der Waals surface area (Å²) in [6.07, 6.45) is 4.63. The molecule has 1 atom stereocenters. The molecule has 0 radical (unpaired) electrons. The molecule has 0 spiro atoms. The maximum Gasteiger partial charge on any atom is 0.232 e. The van der Waals surface area contributed by atoms with Gasteiger partial charge in [-0.15, -0.1) is 0 Å². The molecule has 28 heavy (non-hydrogen) atoms. The predicted octanol–water partition coefficient (Wildman–Crippen LogP) is 4.86. The summed E-state index contributed by atoms with van der Waals surface area (Å²) in [6, 6.07) is 16.6. The Labute approximate surface area is 170 Å². The third-order valence-electron chi connectivity index (χ3n) is 5.81. The summed E-state index contributed by atoms with van der Waals surface area (Å²) in [5, 5.41) is 1.16. The summed E-state index contributed by atoms with van der Waals surface area (Å²) in [7, 11) is 3.99. The van der Waals surface area contributed by atoms with Gasteiger partial charge in [0.1, 0.15) is 5.75 Å². The molecular weight excluding hydrogens is 366 g/mol. The highest BCUT2D eigenvalue weighted by Gasteiger charge is 2.23. The van der Waals surface area contributed by atoms with E-state index in [0.717, 1.165) is 41.8 Å². The van der Waals surface area contributed by atoms with E-state index < -0.39 is 0 Å². The van der Waals surface area contributed by atoms with Gasteiger partial charge in [0.15, 0.2) is 0 Å². The van der Waals surface area contributed by atoms with Crippen LogP contribution in [-0.2, 0) is 12.8 Å². The SMILES string of the molecule is COc1cccc2c1CCCC2CN(C)CCc1ccc2sc(=O)ccc2c1. The van der Waals surface area contributed by atoms with E-state index >= 15 is 0 Å². The van der Waals surface area contributed by atoms with E-state index in [0.29, 0.717) is 5.92 Å². The van der Waals surface area contributed by atoms with E-state index in [2.05, 4.69) is 48.3 Å². The summed E-state index contributed by atoms with van der Waals surface area (Å²) < 4.78 is 6.76. The van der Waals surface area contributed by atoms with Gasteiger partial charge in [0.05, 0.1) is 7.11 Å². The van der Waals surface area contributed by atoms with Gasteiger partial charge in [-0.05, 0) is 85.0 Å². The number of likely N-dealkylation sites (N-methyl/N-ethyl adjacent to an activating group) is 1. The number of ether oxygens (including phenoxy) is 1. The fourth-order valence-corrected chi connectivity index (χ4v) is 5.09. The fraction of sp³-hybridized carbons (Fsp3) is 0.375. The van der Waals surface area contributed by atoms with Crippen LogP contribution in [0.3, 0.4) is 0 Å². The van der Waals surface area contributed by atoms with Crippen LogP contribution in [0.1, 0.15) is 35.4 Å². The number of benzene rings is 2. The second-order valence-corrected chi connectivity index (χ2v) is 8.80. The van der Waals surface area contributed by atoms with Crippen LogP contribution in [0.4, 0.5) is 0 Å². The molecule has 4 heteroatoms. The van der Waals surface area contributed by atoms with Crippen molar-refractivity contribution in [3.05, 3.63) is 74.8 Å². The third-order valence-corrected chi connectivity index (χ3v) is 6.74. The van der Waals surface area contributed by atoms with Gasteiger partial charge in [0.25, 0.3) is 0 Å². The normalized spacial score (nSPS) is 16.3. The zero-order chi connectivity index (χ0) is 19.5. The largest absolute Gasteiger partial charge is 0.496 e. The first-order valence-electron chi connectivity index (χ1n) is 10.0. The summed E-state index contributed by atoms with van der Waals surface area (Å²) in [4.78, 5) is 14.0. The van der Waals surface area contributed by atoms with Crippen molar-refractivity contribution in [1.82, 2.24) is 4.90 Å². The summed E-state index contributed by atoms with van der Waals surface area (Å²) in [5.41, 5.74) is 4.21. The highest BCUT2D eigenvalue weighted by molar-refractivity contribution is 7.16. The average molecular weight is 394 g/mol. The van der Waals surface area contributed by atoms with Gasteiger partial charge in [0, 0.05) is 17.8 Å². The van der Waals surface area contributed by atoms with Crippen molar-refractivity contribution in [1.29, 1.82) is 0 Å². The molecule has 3 nitrogen and oxygen atoms in total. The van der Waals surface area contributed by atoms with Crippen molar-refractivity contribution in [2.45, 2.75) is 31.6 Å². The minimum Gasteiger partial charge on any atom is -0.496 e. The van der Waals surface area contributed by atoms with Crippen molar-refractivity contribution >= 4 is 21.4 Å². The molecule has 0 amide bonds. The first-order valence-corrected chi connectivity index (χ1v) is 10.8. The fourth-order valence-electron chi connectivity index (χ4n) is 4.36. The number of rotatable bonds is 6. The van der Waals surface area contributed by atoms with Gasteiger partial charge < -0.3 is 9.64 Å². The number of hydrogen-bond acceptors (Lipinski definition) is 4. The average Bonchev–Trinajstić information content (AvgIpc) is 2.72. The monoisotopic (exact) mass is 393 g/mol. The Kier molecular flexibility index (Phi) is 5.79. The first-order chi connectivity index (χ1) is 13.6. The Bertz CT molecular complexity index is 1030. The number of fused-ring (bicyclic) bond motifs is 2. The van der Waals surface area contributed by atoms with Gasteiger partial charge in [-0.1, -0.05) is 35.6 Å². The lowest BCUT2D eigenvalue weighted by atomic mass is 9.82. The molecule has 0 saturated heterocycles. The van der Waals surface area contributed by atoms with Crippen LogP contribution in [-0.4, -0.2) is 32.1 Å². The van der Waals surface area contributed by atoms with E-state index in [-0.39, 0.29) is 4.74 Å². The van der Waals surface area contributed by atoms with Crippen LogP contribution in [0.25, 0.3) is 10.1 Å². The van der Waals surface area contributed by atoms with Crippen LogP contribution < -0.4 is 9.48 Å². The predicted molar refractivity (Wildman–Crippen MR) is 118 cm³/mol. The van der Waals surface area contributed by atoms with E-state index in [1.807, 2.05) is 6.07 Å². The first kappa shape index (κ1) is 19.2. The van der Waals surface area contributed by atoms with Gasteiger partial charge in [0.2, 0.25) is 4.74 Å². The molecule has 1 aromatic heterocycles. The zero-order valence-electron chi connectivity index (χ0n) is 16.6. The molecule has 4 rings (SSSR count). The summed E-state index contributed by atoms with van der Waals surface area (Å²) >= 11 is 1.32. The smallest absolute Gasteiger partial charge is 0.232 e. The van der Waals surface area contributed by atoms with Crippen LogP contribution in [0.5, 0.6) is 5.75 Å². The van der Waals surface area contributed by atoms with Crippen LogP contribution in [0, 0.1) is 0 Å². The van der Waals surface area contributed by atoms with Crippen molar-refractivity contribution in [2.24, 2.45) is 0 Å². The Balaban J connectivity index is 1.41. The quantitative estimate of drug-likeness (QED) is 0.599. The van der Waals surface area contributed by atoms with Gasteiger partial charge in [-0.2, -0.15) is 0 Å². The summed E-state index contributed by atoms with van der Waals surface area (Å²) in [5.74, 6) is 1.63. The van der Waals surface area contributed by atoms with Crippen molar-refractivity contribution in [3.63, 3.8) is 0 Å². The molecule has 1 heterocycles. The van der Waals surface area contributed by atoms with E-state index in [9.17, 15) is 4.79 Å². The Hall–Kier alpha value is -2.17. The van der Waals surface area contributed by atoms with Gasteiger partial charge >= 0.3 is 0 Å².